The summed E-state index contributed by atoms with van der Waals surface area (Å²) in [5, 5.41) is 8.75. The zero-order valence-corrected chi connectivity index (χ0v) is 10.7. The van der Waals surface area contributed by atoms with Gasteiger partial charge in [0, 0.05) is 4.47 Å². The summed E-state index contributed by atoms with van der Waals surface area (Å²) in [6.07, 6.45) is 0. The first-order chi connectivity index (χ1) is 8.06. The number of carboxylic acids is 1. The summed E-state index contributed by atoms with van der Waals surface area (Å²) >= 11 is 2.78. The van der Waals surface area contributed by atoms with E-state index in [1.807, 2.05) is 0 Å². The molecule has 0 aliphatic rings. The van der Waals surface area contributed by atoms with Gasteiger partial charge in [-0.1, -0.05) is 6.07 Å². The summed E-state index contributed by atoms with van der Waals surface area (Å²) in [6.45, 7) is 0. The Morgan fingerprint density at radius 2 is 1.89 bits per heavy atom. The lowest BCUT2D eigenvalue weighted by Crippen LogP contribution is -2.30. The molecule has 0 aliphatic carbocycles. The van der Waals surface area contributed by atoms with Crippen molar-refractivity contribution in [1.29, 1.82) is 0 Å². The first kappa shape index (κ1) is 14.8. The molecule has 10 heteroatoms. The lowest BCUT2D eigenvalue weighted by atomic mass is 10.2. The number of halogens is 4. The topological polar surface area (TPSA) is 83.5 Å². The second kappa shape index (κ2) is 4.76. The summed E-state index contributed by atoms with van der Waals surface area (Å²) in [6, 6.07) is 3.43. The van der Waals surface area contributed by atoms with Gasteiger partial charge in [0.05, 0.1) is 11.3 Å². The monoisotopic (exact) mass is 347 g/mol. The van der Waals surface area contributed by atoms with Crippen LogP contribution in [0.25, 0.3) is 0 Å². The molecule has 0 fully saturated rings. The van der Waals surface area contributed by atoms with Crippen LogP contribution in [0.3, 0.4) is 0 Å². The van der Waals surface area contributed by atoms with Crippen molar-refractivity contribution < 1.29 is 31.5 Å². The summed E-state index contributed by atoms with van der Waals surface area (Å²) in [7, 11) is -5.67. The lowest BCUT2D eigenvalue weighted by molar-refractivity contribution is -0.0429. The molecule has 2 N–H and O–H groups in total. The van der Waals surface area contributed by atoms with Gasteiger partial charge >= 0.3 is 21.5 Å². The van der Waals surface area contributed by atoms with Crippen LogP contribution >= 0.6 is 15.9 Å². The molecule has 0 radical (unpaired) electrons. The Hall–Kier alpha value is -1.29. The molecule has 1 aromatic rings. The number of hydrogen-bond donors (Lipinski definition) is 2. The number of anilines is 1. The van der Waals surface area contributed by atoms with Crippen molar-refractivity contribution in [3.63, 3.8) is 0 Å². The highest BCUT2D eigenvalue weighted by Crippen LogP contribution is 2.31. The largest absolute Gasteiger partial charge is 0.516 e. The number of benzene rings is 1. The molecule has 0 bridgehead atoms. The molecule has 0 unspecified atom stereocenters. The van der Waals surface area contributed by atoms with Gasteiger partial charge in [-0.15, -0.1) is 0 Å². The molecule has 1 aromatic carbocycles. The molecule has 1 rings (SSSR count). The smallest absolute Gasteiger partial charge is 0.478 e. The van der Waals surface area contributed by atoms with Crippen molar-refractivity contribution in [2.45, 2.75) is 5.51 Å². The molecule has 0 amide bonds. The zero-order chi connectivity index (χ0) is 14.1. The number of aromatic carboxylic acids is 1. The van der Waals surface area contributed by atoms with Crippen LogP contribution in [-0.2, 0) is 10.0 Å². The van der Waals surface area contributed by atoms with E-state index in [-0.39, 0.29) is 4.47 Å². The van der Waals surface area contributed by atoms with Crippen LogP contribution in [0.5, 0.6) is 0 Å². The summed E-state index contributed by atoms with van der Waals surface area (Å²) < 4.78 is 59.4. The molecule has 18 heavy (non-hydrogen) atoms. The minimum Gasteiger partial charge on any atom is -0.478 e. The maximum atomic E-state index is 12.2. The highest BCUT2D eigenvalue weighted by Gasteiger charge is 2.46. The van der Waals surface area contributed by atoms with Crippen LogP contribution in [0.2, 0.25) is 0 Å². The van der Waals surface area contributed by atoms with Gasteiger partial charge in [0.2, 0.25) is 0 Å². The average Bonchev–Trinajstić information content (AvgIpc) is 2.18. The van der Waals surface area contributed by atoms with Crippen molar-refractivity contribution in [2.24, 2.45) is 0 Å². The first-order valence-electron chi connectivity index (χ1n) is 4.17. The molecule has 0 aromatic heterocycles. The number of para-hydroxylation sites is 1. The standard InChI is InChI=1S/C8H5BrF3NO4S/c9-5-3-1-2-4(7(14)15)6(5)13-18(16,17)8(10,11)12/h1-3,13H,(H,14,15). The Morgan fingerprint density at radius 1 is 1.33 bits per heavy atom. The Bertz CT molecular complexity index is 584. The van der Waals surface area contributed by atoms with E-state index in [4.69, 9.17) is 5.11 Å². The molecule has 0 saturated heterocycles. The van der Waals surface area contributed by atoms with E-state index in [2.05, 4.69) is 15.9 Å². The summed E-state index contributed by atoms with van der Waals surface area (Å²) in [5.41, 5.74) is -6.81. The van der Waals surface area contributed by atoms with E-state index in [9.17, 15) is 26.4 Å². The summed E-state index contributed by atoms with van der Waals surface area (Å²) in [4.78, 5) is 10.8. The number of sulfonamides is 1. The Morgan fingerprint density at radius 3 is 2.33 bits per heavy atom. The van der Waals surface area contributed by atoms with E-state index in [1.165, 1.54) is 16.9 Å². The molecule has 100 valence electrons. The Labute approximate surface area is 108 Å². The molecule has 0 aliphatic heterocycles. The molecular formula is C8H5BrF3NO4S. The normalized spacial score (nSPS) is 12.2. The van der Waals surface area contributed by atoms with E-state index >= 15 is 0 Å². The number of carbonyl (C=O) groups is 1. The van der Waals surface area contributed by atoms with Gasteiger partial charge in [-0.3, -0.25) is 4.72 Å². The zero-order valence-electron chi connectivity index (χ0n) is 8.32. The van der Waals surface area contributed by atoms with Crippen LogP contribution < -0.4 is 4.72 Å². The third kappa shape index (κ3) is 2.93. The quantitative estimate of drug-likeness (QED) is 0.879. The molecule has 0 atom stereocenters. The van der Waals surface area contributed by atoms with Crippen LogP contribution in [-0.4, -0.2) is 25.0 Å². The molecular weight excluding hydrogens is 343 g/mol. The van der Waals surface area contributed by atoms with Crippen molar-refractivity contribution in [2.75, 3.05) is 4.72 Å². The van der Waals surface area contributed by atoms with Crippen molar-refractivity contribution in [3.8, 4) is 0 Å². The third-order valence-corrected chi connectivity index (χ3v) is 3.53. The fraction of sp³-hybridized carbons (Fsp3) is 0.125. The molecule has 0 saturated carbocycles. The van der Waals surface area contributed by atoms with Gasteiger partial charge in [0.1, 0.15) is 0 Å². The Balaban J connectivity index is 3.33. The number of carboxylic acid groups (broad SMARTS) is 1. The van der Waals surface area contributed by atoms with E-state index in [0.717, 1.165) is 6.07 Å². The van der Waals surface area contributed by atoms with E-state index in [1.54, 1.807) is 0 Å². The maximum absolute atomic E-state index is 12.2. The minimum absolute atomic E-state index is 0.116. The van der Waals surface area contributed by atoms with Gasteiger partial charge in [0.25, 0.3) is 0 Å². The number of alkyl halides is 3. The van der Waals surface area contributed by atoms with Gasteiger partial charge in [-0.25, -0.2) is 4.79 Å². The molecule has 5 nitrogen and oxygen atoms in total. The fourth-order valence-electron chi connectivity index (χ4n) is 0.998. The first-order valence-corrected chi connectivity index (χ1v) is 6.45. The van der Waals surface area contributed by atoms with Gasteiger partial charge in [-0.05, 0) is 28.1 Å². The minimum atomic E-state index is -5.67. The van der Waals surface area contributed by atoms with E-state index < -0.39 is 32.8 Å². The fourth-order valence-corrected chi connectivity index (χ4v) is 2.20. The lowest BCUT2D eigenvalue weighted by Gasteiger charge is -2.13. The number of nitrogens with one attached hydrogen (secondary N) is 1. The van der Waals surface area contributed by atoms with Crippen LogP contribution in [0.15, 0.2) is 22.7 Å². The van der Waals surface area contributed by atoms with Gasteiger partial charge in [0.15, 0.2) is 0 Å². The third-order valence-electron chi connectivity index (χ3n) is 1.79. The van der Waals surface area contributed by atoms with Crippen LogP contribution in [0, 0.1) is 0 Å². The number of hydrogen-bond acceptors (Lipinski definition) is 3. The highest BCUT2D eigenvalue weighted by atomic mass is 79.9. The van der Waals surface area contributed by atoms with Crippen molar-refractivity contribution in [1.82, 2.24) is 0 Å². The van der Waals surface area contributed by atoms with Crippen molar-refractivity contribution in [3.05, 3.63) is 28.2 Å². The highest BCUT2D eigenvalue weighted by molar-refractivity contribution is 9.10. The van der Waals surface area contributed by atoms with Gasteiger partial charge < -0.3 is 5.11 Å². The second-order valence-corrected chi connectivity index (χ2v) is 5.55. The Kier molecular flexibility index (Phi) is 3.91. The predicted molar refractivity (Wildman–Crippen MR) is 59.7 cm³/mol. The van der Waals surface area contributed by atoms with Crippen LogP contribution in [0.4, 0.5) is 18.9 Å². The average molecular weight is 348 g/mol. The molecule has 0 heterocycles. The van der Waals surface area contributed by atoms with E-state index in [0.29, 0.717) is 0 Å². The van der Waals surface area contributed by atoms with Gasteiger partial charge in [-0.2, -0.15) is 21.6 Å². The molecule has 0 spiro atoms. The second-order valence-electron chi connectivity index (χ2n) is 3.02. The van der Waals surface area contributed by atoms with Crippen molar-refractivity contribution >= 4 is 37.6 Å². The summed E-state index contributed by atoms with van der Waals surface area (Å²) in [5.74, 6) is -1.56. The maximum Gasteiger partial charge on any atom is 0.516 e. The number of rotatable bonds is 3. The van der Waals surface area contributed by atoms with Crippen LogP contribution in [0.1, 0.15) is 10.4 Å². The SMILES string of the molecule is O=C(O)c1cccc(Br)c1NS(=O)(=O)C(F)(F)F. The predicted octanol–water partition coefficient (Wildman–Crippen LogP) is 2.41.